The maximum absolute atomic E-state index is 13.5. The lowest BCUT2D eigenvalue weighted by Gasteiger charge is -2.36. The Morgan fingerprint density at radius 1 is 1.09 bits per heavy atom. The van der Waals surface area contributed by atoms with Crippen LogP contribution in [0.15, 0.2) is 60.7 Å². The summed E-state index contributed by atoms with van der Waals surface area (Å²) in [6, 6.07) is 18.7. The van der Waals surface area contributed by atoms with Gasteiger partial charge >= 0.3 is 6.03 Å². The van der Waals surface area contributed by atoms with E-state index in [1.165, 1.54) is 5.56 Å². The molecule has 1 unspecified atom stereocenters. The molecule has 1 aliphatic heterocycles. The molecular formula is C26H23Cl2N3O2. The Bertz CT molecular complexity index is 1350. The van der Waals surface area contributed by atoms with E-state index in [9.17, 15) is 4.79 Å². The van der Waals surface area contributed by atoms with Crippen LogP contribution in [0.4, 0.5) is 10.5 Å². The number of hydrogen-bond acceptors (Lipinski definition) is 2. The molecule has 5 nitrogen and oxygen atoms in total. The molecular weight excluding hydrogens is 457 g/mol. The summed E-state index contributed by atoms with van der Waals surface area (Å²) in [6.45, 7) is 2.50. The standard InChI is InChI=1S/C26H23Cl2N3O2/c1-15-3-7-18(14-22(15)28)29-26(32)31-12-11-20-21-13-17(27)6-10-23(21)30-24(20)25(31)16-4-8-19(33-2)9-5-16/h3-10,13-14,25,30H,11-12H2,1-2H3,(H,29,32). The molecule has 1 atom stereocenters. The van der Waals surface area contributed by atoms with Crippen molar-refractivity contribution in [1.29, 1.82) is 0 Å². The summed E-state index contributed by atoms with van der Waals surface area (Å²) in [4.78, 5) is 18.9. The highest BCUT2D eigenvalue weighted by molar-refractivity contribution is 6.31. The Morgan fingerprint density at radius 2 is 1.88 bits per heavy atom. The number of nitrogens with zero attached hydrogens (tertiary/aromatic N) is 1. The van der Waals surface area contributed by atoms with Crippen molar-refractivity contribution in [2.75, 3.05) is 19.0 Å². The molecule has 1 aromatic heterocycles. The molecule has 3 aromatic carbocycles. The van der Waals surface area contributed by atoms with E-state index in [-0.39, 0.29) is 12.1 Å². The molecule has 0 saturated carbocycles. The van der Waals surface area contributed by atoms with Crippen LogP contribution in [0.3, 0.4) is 0 Å². The number of hydrogen-bond donors (Lipinski definition) is 2. The summed E-state index contributed by atoms with van der Waals surface area (Å²) >= 11 is 12.6. The second-order valence-corrected chi connectivity index (χ2v) is 9.06. The molecule has 168 valence electrons. The molecule has 2 amide bonds. The lowest BCUT2D eigenvalue weighted by Crippen LogP contribution is -2.43. The Labute approximate surface area is 202 Å². The van der Waals surface area contributed by atoms with E-state index in [2.05, 4.69) is 10.3 Å². The third-order valence-electron chi connectivity index (χ3n) is 6.20. The van der Waals surface area contributed by atoms with Gasteiger partial charge < -0.3 is 19.9 Å². The monoisotopic (exact) mass is 479 g/mol. The van der Waals surface area contributed by atoms with Gasteiger partial charge in [0, 0.05) is 38.9 Å². The molecule has 0 aliphatic carbocycles. The van der Waals surface area contributed by atoms with Gasteiger partial charge in [-0.3, -0.25) is 0 Å². The third kappa shape index (κ3) is 4.03. The number of aromatic nitrogens is 1. The summed E-state index contributed by atoms with van der Waals surface area (Å²) in [7, 11) is 1.64. The fourth-order valence-corrected chi connectivity index (χ4v) is 4.83. The van der Waals surface area contributed by atoms with E-state index >= 15 is 0 Å². The Hall–Kier alpha value is -3.15. The van der Waals surface area contributed by atoms with Gasteiger partial charge in [0.05, 0.1) is 13.2 Å². The molecule has 0 fully saturated rings. The van der Waals surface area contributed by atoms with Crippen LogP contribution < -0.4 is 10.1 Å². The molecule has 4 aromatic rings. The van der Waals surface area contributed by atoms with E-state index < -0.39 is 0 Å². The van der Waals surface area contributed by atoms with Gasteiger partial charge in [0.15, 0.2) is 0 Å². The lowest BCUT2D eigenvalue weighted by molar-refractivity contribution is 0.193. The quantitative estimate of drug-likeness (QED) is 0.333. The average Bonchev–Trinajstić information content (AvgIpc) is 3.18. The number of carbonyl (C=O) groups is 1. The summed E-state index contributed by atoms with van der Waals surface area (Å²) in [5.74, 6) is 0.767. The average molecular weight is 480 g/mol. The number of H-pyrrole nitrogens is 1. The highest BCUT2D eigenvalue weighted by Gasteiger charge is 2.34. The van der Waals surface area contributed by atoms with Crippen LogP contribution in [0, 0.1) is 6.92 Å². The fraction of sp³-hybridized carbons (Fsp3) is 0.192. The van der Waals surface area contributed by atoms with Gasteiger partial charge in [0.1, 0.15) is 5.75 Å². The van der Waals surface area contributed by atoms with Crippen molar-refractivity contribution < 1.29 is 9.53 Å². The minimum Gasteiger partial charge on any atom is -0.497 e. The number of fused-ring (bicyclic) bond motifs is 3. The van der Waals surface area contributed by atoms with Gasteiger partial charge in [-0.2, -0.15) is 0 Å². The predicted molar refractivity (Wildman–Crippen MR) is 134 cm³/mol. The largest absolute Gasteiger partial charge is 0.497 e. The molecule has 1 aliphatic rings. The highest BCUT2D eigenvalue weighted by atomic mass is 35.5. The van der Waals surface area contributed by atoms with Crippen LogP contribution in [0.5, 0.6) is 5.75 Å². The maximum Gasteiger partial charge on any atom is 0.322 e. The fourth-order valence-electron chi connectivity index (χ4n) is 4.48. The number of aromatic amines is 1. The van der Waals surface area contributed by atoms with E-state index in [0.717, 1.165) is 39.9 Å². The number of anilines is 1. The number of amides is 2. The van der Waals surface area contributed by atoms with Crippen molar-refractivity contribution in [3.63, 3.8) is 0 Å². The second kappa shape index (κ2) is 8.65. The number of rotatable bonds is 3. The minimum atomic E-state index is -0.285. The molecule has 7 heteroatoms. The summed E-state index contributed by atoms with van der Waals surface area (Å²) in [5.41, 5.74) is 5.82. The molecule has 2 heterocycles. The van der Waals surface area contributed by atoms with Crippen molar-refractivity contribution in [3.05, 3.63) is 93.1 Å². The molecule has 5 rings (SSSR count). The normalized spacial score (nSPS) is 15.4. The van der Waals surface area contributed by atoms with Crippen LogP contribution >= 0.6 is 23.2 Å². The van der Waals surface area contributed by atoms with Crippen molar-refractivity contribution in [2.24, 2.45) is 0 Å². The van der Waals surface area contributed by atoms with Gasteiger partial charge in [-0.1, -0.05) is 41.4 Å². The van der Waals surface area contributed by atoms with Crippen LogP contribution in [-0.2, 0) is 6.42 Å². The lowest BCUT2D eigenvalue weighted by atomic mass is 9.92. The molecule has 0 saturated heterocycles. The summed E-state index contributed by atoms with van der Waals surface area (Å²) in [5, 5.41) is 5.43. The number of halogens is 2. The van der Waals surface area contributed by atoms with Crippen molar-refractivity contribution in [2.45, 2.75) is 19.4 Å². The van der Waals surface area contributed by atoms with E-state index in [0.29, 0.717) is 22.3 Å². The molecule has 0 spiro atoms. The first kappa shape index (κ1) is 21.7. The zero-order valence-corrected chi connectivity index (χ0v) is 19.8. The number of carbonyl (C=O) groups excluding carboxylic acids is 1. The SMILES string of the molecule is COc1ccc(C2c3[nH]c4ccc(Cl)cc4c3CCN2C(=O)Nc2ccc(C)c(Cl)c2)cc1. The molecule has 2 N–H and O–H groups in total. The third-order valence-corrected chi connectivity index (χ3v) is 6.85. The first-order valence-corrected chi connectivity index (χ1v) is 11.5. The topological polar surface area (TPSA) is 57.4 Å². The van der Waals surface area contributed by atoms with Crippen molar-refractivity contribution in [3.8, 4) is 5.75 Å². The first-order valence-electron chi connectivity index (χ1n) is 10.7. The Kier molecular flexibility index (Phi) is 5.69. The first-order chi connectivity index (χ1) is 15.9. The zero-order valence-electron chi connectivity index (χ0n) is 18.3. The van der Waals surface area contributed by atoms with E-state index in [4.69, 9.17) is 27.9 Å². The highest BCUT2D eigenvalue weighted by Crippen LogP contribution is 2.39. The van der Waals surface area contributed by atoms with Crippen LogP contribution in [0.25, 0.3) is 10.9 Å². The van der Waals surface area contributed by atoms with Crippen LogP contribution in [0.2, 0.25) is 10.0 Å². The number of benzene rings is 3. The van der Waals surface area contributed by atoms with Gasteiger partial charge in [0.2, 0.25) is 0 Å². The van der Waals surface area contributed by atoms with Crippen molar-refractivity contribution in [1.82, 2.24) is 9.88 Å². The van der Waals surface area contributed by atoms with E-state index in [1.807, 2.05) is 66.4 Å². The number of aryl methyl sites for hydroxylation is 1. The van der Waals surface area contributed by atoms with Gasteiger partial charge in [-0.05, 0) is 72.5 Å². The van der Waals surface area contributed by atoms with Gasteiger partial charge in [-0.25, -0.2) is 4.79 Å². The summed E-state index contributed by atoms with van der Waals surface area (Å²) in [6.07, 6.45) is 0.727. The smallest absolute Gasteiger partial charge is 0.322 e. The van der Waals surface area contributed by atoms with E-state index in [1.54, 1.807) is 13.2 Å². The number of urea groups is 1. The number of nitrogens with one attached hydrogen (secondary N) is 2. The molecule has 0 bridgehead atoms. The van der Waals surface area contributed by atoms with Crippen molar-refractivity contribution >= 4 is 45.8 Å². The van der Waals surface area contributed by atoms with Gasteiger partial charge in [-0.15, -0.1) is 0 Å². The van der Waals surface area contributed by atoms with Crippen LogP contribution in [-0.4, -0.2) is 29.6 Å². The molecule has 0 radical (unpaired) electrons. The zero-order chi connectivity index (χ0) is 23.1. The van der Waals surface area contributed by atoms with Gasteiger partial charge in [0.25, 0.3) is 0 Å². The van der Waals surface area contributed by atoms with Crippen LogP contribution in [0.1, 0.15) is 28.4 Å². The summed E-state index contributed by atoms with van der Waals surface area (Å²) < 4.78 is 5.33. The Balaban J connectivity index is 1.57. The number of methoxy groups -OCH3 is 1. The predicted octanol–water partition coefficient (Wildman–Crippen LogP) is 6.97. The second-order valence-electron chi connectivity index (χ2n) is 8.22. The maximum atomic E-state index is 13.5. The molecule has 33 heavy (non-hydrogen) atoms. The number of ether oxygens (including phenoxy) is 1. The minimum absolute atomic E-state index is 0.182. The Morgan fingerprint density at radius 3 is 2.61 bits per heavy atom.